The highest BCUT2D eigenvalue weighted by Crippen LogP contribution is 2.11. The average molecular weight is 258 g/mol. The smallest absolute Gasteiger partial charge is 0.239 e. The normalized spacial score (nSPS) is 13.3. The molecule has 5 heteroatoms. The molecule has 0 rings (SSSR count). The number of hydrogen-bond donors (Lipinski definition) is 3. The second-order valence-electron chi connectivity index (χ2n) is 5.88. The Morgan fingerprint density at radius 1 is 1.17 bits per heavy atom. The summed E-state index contributed by atoms with van der Waals surface area (Å²) in [6.45, 7) is 9.63. The van der Waals surface area contributed by atoms with Gasteiger partial charge < -0.3 is 15.7 Å². The molecule has 18 heavy (non-hydrogen) atoms. The summed E-state index contributed by atoms with van der Waals surface area (Å²) >= 11 is 0. The Morgan fingerprint density at radius 2 is 1.72 bits per heavy atom. The number of nitrogens with one attached hydrogen (secondary N) is 2. The van der Waals surface area contributed by atoms with Gasteiger partial charge in [0.25, 0.3) is 0 Å². The highest BCUT2D eigenvalue weighted by molar-refractivity contribution is 5.87. The lowest BCUT2D eigenvalue weighted by atomic mass is 9.96. The molecule has 2 amide bonds. The minimum Gasteiger partial charge on any atom is -0.393 e. The quantitative estimate of drug-likeness (QED) is 0.655. The van der Waals surface area contributed by atoms with Crippen LogP contribution in [0.3, 0.4) is 0 Å². The molecule has 106 valence electrons. The van der Waals surface area contributed by atoms with Crippen LogP contribution in [0, 0.1) is 11.3 Å². The Bertz CT molecular complexity index is 282. The van der Waals surface area contributed by atoms with E-state index in [2.05, 4.69) is 10.6 Å². The van der Waals surface area contributed by atoms with Crippen LogP contribution < -0.4 is 10.6 Å². The molecule has 0 aliphatic carbocycles. The van der Waals surface area contributed by atoms with Gasteiger partial charge in [0.2, 0.25) is 11.8 Å². The number of carbonyl (C=O) groups excluding carboxylic acids is 2. The molecule has 0 aromatic heterocycles. The molecule has 0 fully saturated rings. The average Bonchev–Trinajstić information content (AvgIpc) is 2.24. The monoisotopic (exact) mass is 258 g/mol. The second kappa shape index (κ2) is 7.36. The molecule has 0 radical (unpaired) electrons. The molecule has 5 nitrogen and oxygen atoms in total. The summed E-state index contributed by atoms with van der Waals surface area (Å²) in [6, 6.07) is 0. The fraction of sp³-hybridized carbons (Fsp3) is 0.846. The van der Waals surface area contributed by atoms with Gasteiger partial charge in [-0.1, -0.05) is 34.6 Å². The SMILES string of the molecule is CC(C)C(O)CCNC(=O)CNC(=O)C(C)(C)C. The van der Waals surface area contributed by atoms with E-state index >= 15 is 0 Å². The van der Waals surface area contributed by atoms with Crippen molar-refractivity contribution >= 4 is 11.8 Å². The molecule has 0 aromatic rings. The van der Waals surface area contributed by atoms with Crippen molar-refractivity contribution in [1.29, 1.82) is 0 Å². The molecule has 0 bridgehead atoms. The van der Waals surface area contributed by atoms with Gasteiger partial charge in [0, 0.05) is 12.0 Å². The van der Waals surface area contributed by atoms with E-state index in [9.17, 15) is 14.7 Å². The molecule has 1 atom stereocenters. The standard InChI is InChI=1S/C13H26N2O3/c1-9(2)10(16)6-7-14-11(17)8-15-12(18)13(3,4)5/h9-10,16H,6-8H2,1-5H3,(H,14,17)(H,15,18). The zero-order valence-corrected chi connectivity index (χ0v) is 12.0. The van der Waals surface area contributed by atoms with E-state index in [1.54, 1.807) is 20.8 Å². The molecule has 0 saturated heterocycles. The van der Waals surface area contributed by atoms with Crippen molar-refractivity contribution in [2.45, 2.75) is 47.1 Å². The summed E-state index contributed by atoms with van der Waals surface area (Å²) in [5.41, 5.74) is -0.492. The molecule has 0 aromatic carbocycles. The largest absolute Gasteiger partial charge is 0.393 e. The van der Waals surface area contributed by atoms with E-state index in [1.807, 2.05) is 13.8 Å². The van der Waals surface area contributed by atoms with Crippen LogP contribution in [-0.4, -0.2) is 36.1 Å². The lowest BCUT2D eigenvalue weighted by molar-refractivity contribution is -0.131. The molecule has 3 N–H and O–H groups in total. The van der Waals surface area contributed by atoms with Crippen LogP contribution in [0.4, 0.5) is 0 Å². The first-order valence-corrected chi connectivity index (χ1v) is 6.37. The number of aliphatic hydroxyl groups is 1. The number of aliphatic hydroxyl groups excluding tert-OH is 1. The summed E-state index contributed by atoms with van der Waals surface area (Å²) in [6.07, 6.45) is 0.117. The molecule has 0 saturated carbocycles. The fourth-order valence-electron chi connectivity index (χ4n) is 1.18. The number of carbonyl (C=O) groups is 2. The minimum absolute atomic E-state index is 0.0200. The predicted molar refractivity (Wildman–Crippen MR) is 70.9 cm³/mol. The van der Waals surface area contributed by atoms with Crippen LogP contribution in [0.25, 0.3) is 0 Å². The van der Waals surface area contributed by atoms with Crippen molar-refractivity contribution in [2.24, 2.45) is 11.3 Å². The van der Waals surface area contributed by atoms with E-state index in [0.29, 0.717) is 13.0 Å². The summed E-state index contributed by atoms with van der Waals surface area (Å²) in [7, 11) is 0. The van der Waals surface area contributed by atoms with Gasteiger partial charge in [-0.2, -0.15) is 0 Å². The maximum Gasteiger partial charge on any atom is 0.239 e. The molecular weight excluding hydrogens is 232 g/mol. The van der Waals surface area contributed by atoms with Gasteiger partial charge in [0.05, 0.1) is 12.6 Å². The van der Waals surface area contributed by atoms with Gasteiger partial charge in [0.15, 0.2) is 0 Å². The van der Waals surface area contributed by atoms with Gasteiger partial charge >= 0.3 is 0 Å². The summed E-state index contributed by atoms with van der Waals surface area (Å²) in [5.74, 6) is -0.203. The van der Waals surface area contributed by atoms with Crippen LogP contribution in [0.15, 0.2) is 0 Å². The Morgan fingerprint density at radius 3 is 2.17 bits per heavy atom. The van der Waals surface area contributed by atoms with Gasteiger partial charge in [-0.25, -0.2) is 0 Å². The summed E-state index contributed by atoms with van der Waals surface area (Å²) in [5, 5.41) is 14.8. The van der Waals surface area contributed by atoms with Crippen LogP contribution in [0.1, 0.15) is 41.0 Å². The summed E-state index contributed by atoms with van der Waals surface area (Å²) < 4.78 is 0. The van der Waals surface area contributed by atoms with E-state index in [0.717, 1.165) is 0 Å². The maximum absolute atomic E-state index is 11.5. The van der Waals surface area contributed by atoms with Crippen molar-refractivity contribution < 1.29 is 14.7 Å². The second-order valence-corrected chi connectivity index (χ2v) is 5.88. The maximum atomic E-state index is 11.5. The third kappa shape index (κ3) is 7.27. The van der Waals surface area contributed by atoms with Gasteiger partial charge in [-0.05, 0) is 12.3 Å². The number of amides is 2. The summed E-state index contributed by atoms with van der Waals surface area (Å²) in [4.78, 5) is 22.9. The highest BCUT2D eigenvalue weighted by atomic mass is 16.3. The van der Waals surface area contributed by atoms with Crippen LogP contribution in [0.5, 0.6) is 0 Å². The van der Waals surface area contributed by atoms with Crippen molar-refractivity contribution in [1.82, 2.24) is 10.6 Å². The molecule has 0 heterocycles. The van der Waals surface area contributed by atoms with Crippen LogP contribution in [0.2, 0.25) is 0 Å². The lowest BCUT2D eigenvalue weighted by Gasteiger charge is -2.18. The van der Waals surface area contributed by atoms with Gasteiger partial charge in [-0.15, -0.1) is 0 Å². The van der Waals surface area contributed by atoms with Gasteiger partial charge in [-0.3, -0.25) is 9.59 Å². The number of hydrogen-bond acceptors (Lipinski definition) is 3. The minimum atomic E-state index is -0.492. The van der Waals surface area contributed by atoms with Crippen LogP contribution >= 0.6 is 0 Å². The van der Waals surface area contributed by atoms with E-state index < -0.39 is 11.5 Å². The first-order chi connectivity index (χ1) is 8.14. The Kier molecular flexibility index (Phi) is 6.91. The fourth-order valence-corrected chi connectivity index (χ4v) is 1.18. The van der Waals surface area contributed by atoms with Crippen molar-refractivity contribution in [3.63, 3.8) is 0 Å². The van der Waals surface area contributed by atoms with Crippen molar-refractivity contribution in [3.8, 4) is 0 Å². The van der Waals surface area contributed by atoms with Crippen molar-refractivity contribution in [3.05, 3.63) is 0 Å². The van der Waals surface area contributed by atoms with E-state index in [1.165, 1.54) is 0 Å². The highest BCUT2D eigenvalue weighted by Gasteiger charge is 2.21. The van der Waals surface area contributed by atoms with Crippen molar-refractivity contribution in [2.75, 3.05) is 13.1 Å². The first kappa shape index (κ1) is 16.9. The Balaban J connectivity index is 3.77. The third-order valence-corrected chi connectivity index (χ3v) is 2.62. The topological polar surface area (TPSA) is 78.4 Å². The first-order valence-electron chi connectivity index (χ1n) is 6.37. The lowest BCUT2D eigenvalue weighted by Crippen LogP contribution is -2.42. The Hall–Kier alpha value is -1.10. The van der Waals surface area contributed by atoms with Gasteiger partial charge in [0.1, 0.15) is 0 Å². The number of rotatable bonds is 6. The zero-order valence-electron chi connectivity index (χ0n) is 12.0. The molecule has 0 aliphatic rings. The molecule has 0 aliphatic heterocycles. The molecule has 0 spiro atoms. The Labute approximate surface area is 109 Å². The van der Waals surface area contributed by atoms with E-state index in [-0.39, 0.29) is 24.3 Å². The van der Waals surface area contributed by atoms with Crippen LogP contribution in [-0.2, 0) is 9.59 Å². The third-order valence-electron chi connectivity index (χ3n) is 2.62. The predicted octanol–water partition coefficient (Wildman–Crippen LogP) is 0.672. The van der Waals surface area contributed by atoms with E-state index in [4.69, 9.17) is 0 Å². The molecule has 1 unspecified atom stereocenters. The zero-order chi connectivity index (χ0) is 14.3. The molecular formula is C13H26N2O3.